The van der Waals surface area contributed by atoms with Gasteiger partial charge in [0.15, 0.2) is 0 Å². The topological polar surface area (TPSA) is 21.6 Å². The molecule has 1 aromatic rings. The molecule has 74 valence electrons. The first-order chi connectivity index (χ1) is 6.59. The summed E-state index contributed by atoms with van der Waals surface area (Å²) in [5.41, 5.74) is 0.686. The average Bonchev–Trinajstić information content (AvgIpc) is 2.47. The van der Waals surface area contributed by atoms with Crippen molar-refractivity contribution in [1.29, 1.82) is 0 Å². The van der Waals surface area contributed by atoms with Gasteiger partial charge >= 0.3 is 0 Å². The predicted molar refractivity (Wildman–Crippen MR) is 56.5 cm³/mol. The molecule has 0 spiro atoms. The van der Waals surface area contributed by atoms with Gasteiger partial charge in [-0.05, 0) is 33.6 Å². The second kappa shape index (κ2) is 3.51. The molecule has 0 saturated carbocycles. The van der Waals surface area contributed by atoms with Crippen LogP contribution in [0.4, 0.5) is 4.39 Å². The molecule has 0 saturated heterocycles. The molecule has 0 amide bonds. The Balaban J connectivity index is 2.28. The number of hydrogen-bond donors (Lipinski definition) is 0. The number of oxime groups is 1. The van der Waals surface area contributed by atoms with Crippen LogP contribution in [0.1, 0.15) is 11.7 Å². The molecule has 0 aliphatic carbocycles. The van der Waals surface area contributed by atoms with Gasteiger partial charge in [-0.2, -0.15) is 0 Å². The predicted octanol–water partition coefficient (Wildman–Crippen LogP) is 3.46. The van der Waals surface area contributed by atoms with Crippen LogP contribution in [-0.4, -0.2) is 10.8 Å². The Morgan fingerprint density at radius 2 is 2.07 bits per heavy atom. The average molecular weight is 279 g/mol. The summed E-state index contributed by atoms with van der Waals surface area (Å²) in [4.78, 5) is 4.90. The summed E-state index contributed by atoms with van der Waals surface area (Å²) in [6, 6.07) is 6.78. The second-order valence-electron chi connectivity index (χ2n) is 2.95. The normalized spacial score (nSPS) is 30.4. The Morgan fingerprint density at radius 3 is 2.57 bits per heavy atom. The van der Waals surface area contributed by atoms with Crippen molar-refractivity contribution in [3.8, 4) is 0 Å². The first kappa shape index (κ1) is 9.93. The Labute approximate surface area is 93.8 Å². The fraction of sp³-hybridized carbons (Fsp3) is 0.222. The summed E-state index contributed by atoms with van der Waals surface area (Å²) in [5, 5.41) is 4.04. The minimum atomic E-state index is -1.74. The third-order valence-corrected chi connectivity index (χ3v) is 2.79. The summed E-state index contributed by atoms with van der Waals surface area (Å²) in [5.74, 6) is 0. The molecule has 0 fully saturated rings. The molecule has 2 unspecified atom stereocenters. The van der Waals surface area contributed by atoms with Crippen LogP contribution < -0.4 is 0 Å². The van der Waals surface area contributed by atoms with E-state index in [1.807, 2.05) is 0 Å². The molecule has 2 rings (SSSR count). The number of halogens is 3. The minimum absolute atomic E-state index is 0.603. The highest BCUT2D eigenvalue weighted by atomic mass is 79.9. The molecule has 5 heteroatoms. The lowest BCUT2D eigenvalue weighted by Crippen LogP contribution is -2.21. The van der Waals surface area contributed by atoms with Crippen LogP contribution in [0.3, 0.4) is 0 Å². The number of hydrogen-bond acceptors (Lipinski definition) is 2. The van der Waals surface area contributed by atoms with Crippen LogP contribution in [0.5, 0.6) is 0 Å². The van der Waals surface area contributed by atoms with Gasteiger partial charge in [-0.15, -0.1) is 0 Å². The van der Waals surface area contributed by atoms with Crippen molar-refractivity contribution in [2.45, 2.75) is 10.7 Å². The van der Waals surface area contributed by atoms with E-state index in [9.17, 15) is 4.39 Å². The molecule has 1 aromatic carbocycles. The van der Waals surface area contributed by atoms with E-state index in [4.69, 9.17) is 16.4 Å². The summed E-state index contributed by atoms with van der Waals surface area (Å²) in [6.07, 6.45) is 0.339. The van der Waals surface area contributed by atoms with E-state index in [1.54, 1.807) is 24.3 Å². The van der Waals surface area contributed by atoms with E-state index in [2.05, 4.69) is 21.1 Å². The lowest BCUT2D eigenvalue weighted by Gasteiger charge is -2.17. The number of benzene rings is 1. The lowest BCUT2D eigenvalue weighted by atomic mass is 10.1. The molecule has 0 bridgehead atoms. The largest absolute Gasteiger partial charge is 0.383 e. The third-order valence-electron chi connectivity index (χ3n) is 1.91. The van der Waals surface area contributed by atoms with Gasteiger partial charge in [0.05, 0.1) is 6.21 Å². The van der Waals surface area contributed by atoms with Crippen molar-refractivity contribution in [1.82, 2.24) is 0 Å². The molecule has 1 heterocycles. The zero-order chi connectivity index (χ0) is 10.2. The molecule has 0 N–H and O–H groups in total. The van der Waals surface area contributed by atoms with E-state index >= 15 is 0 Å². The van der Waals surface area contributed by atoms with Crippen LogP contribution in [0.2, 0.25) is 5.02 Å². The maximum absolute atomic E-state index is 13.7. The molecule has 1 aliphatic heterocycles. The lowest BCUT2D eigenvalue weighted by molar-refractivity contribution is 0.0412. The molecular weight excluding hydrogens is 272 g/mol. The van der Waals surface area contributed by atoms with Gasteiger partial charge < -0.3 is 4.84 Å². The van der Waals surface area contributed by atoms with Crippen LogP contribution in [0, 0.1) is 0 Å². The number of nitrogens with zero attached hydrogens (tertiary/aromatic N) is 1. The van der Waals surface area contributed by atoms with Crippen molar-refractivity contribution in [2.24, 2.45) is 5.16 Å². The fourth-order valence-electron chi connectivity index (χ4n) is 1.22. The van der Waals surface area contributed by atoms with E-state index in [-0.39, 0.29) is 0 Å². The molecule has 0 radical (unpaired) electrons. The highest BCUT2D eigenvalue weighted by molar-refractivity contribution is 9.10. The maximum Gasteiger partial charge on any atom is 0.246 e. The Kier molecular flexibility index (Phi) is 2.49. The van der Waals surface area contributed by atoms with Crippen molar-refractivity contribution >= 4 is 33.7 Å². The van der Waals surface area contributed by atoms with Crippen molar-refractivity contribution in [3.05, 3.63) is 34.9 Å². The third kappa shape index (κ3) is 1.77. The van der Waals surface area contributed by atoms with Gasteiger partial charge in [-0.1, -0.05) is 28.9 Å². The van der Waals surface area contributed by atoms with Gasteiger partial charge in [0.2, 0.25) is 10.7 Å². The Morgan fingerprint density at radius 1 is 1.43 bits per heavy atom. The maximum atomic E-state index is 13.7. The number of alkyl halides is 2. The molecule has 2 atom stereocenters. The van der Waals surface area contributed by atoms with Crippen LogP contribution >= 0.6 is 27.5 Å². The monoisotopic (exact) mass is 277 g/mol. The Hall–Kier alpha value is -0.610. The van der Waals surface area contributed by atoms with E-state index in [0.29, 0.717) is 10.6 Å². The van der Waals surface area contributed by atoms with Gasteiger partial charge in [-0.25, -0.2) is 4.39 Å². The van der Waals surface area contributed by atoms with Gasteiger partial charge in [0, 0.05) is 5.02 Å². The number of rotatable bonds is 1. The van der Waals surface area contributed by atoms with Crippen LogP contribution in [0.25, 0.3) is 0 Å². The summed E-state index contributed by atoms with van der Waals surface area (Å²) in [7, 11) is 0. The van der Waals surface area contributed by atoms with Crippen molar-refractivity contribution in [3.63, 3.8) is 0 Å². The second-order valence-corrected chi connectivity index (χ2v) is 4.60. The van der Waals surface area contributed by atoms with Crippen LogP contribution in [0.15, 0.2) is 29.4 Å². The SMILES string of the molecule is FC1(Br)C=NOC1c1ccc(Cl)cc1. The highest BCUT2D eigenvalue weighted by Gasteiger charge is 2.42. The molecule has 1 aliphatic rings. The first-order valence-corrected chi connectivity index (χ1v) is 5.10. The van der Waals surface area contributed by atoms with Gasteiger partial charge in [0.25, 0.3) is 0 Å². The summed E-state index contributed by atoms with van der Waals surface area (Å²) >= 11 is 8.60. The Bertz CT molecular complexity index is 366. The zero-order valence-electron chi connectivity index (χ0n) is 6.95. The zero-order valence-corrected chi connectivity index (χ0v) is 9.30. The van der Waals surface area contributed by atoms with E-state index in [0.717, 1.165) is 6.21 Å². The summed E-state index contributed by atoms with van der Waals surface area (Å²) < 4.78 is 11.9. The molecule has 2 nitrogen and oxygen atoms in total. The minimum Gasteiger partial charge on any atom is -0.383 e. The highest BCUT2D eigenvalue weighted by Crippen LogP contribution is 2.40. The van der Waals surface area contributed by atoms with E-state index in [1.165, 1.54) is 0 Å². The van der Waals surface area contributed by atoms with Crippen molar-refractivity contribution < 1.29 is 9.23 Å². The van der Waals surface area contributed by atoms with E-state index < -0.39 is 10.7 Å². The van der Waals surface area contributed by atoms with Gasteiger partial charge in [0.1, 0.15) is 0 Å². The summed E-state index contributed by atoms with van der Waals surface area (Å²) in [6.45, 7) is 0. The standard InChI is InChI=1S/C9H6BrClFNO/c10-9(12)5-13-14-8(9)6-1-3-7(11)4-2-6/h1-5,8H. The quantitative estimate of drug-likeness (QED) is 0.721. The molecule has 14 heavy (non-hydrogen) atoms. The van der Waals surface area contributed by atoms with Crippen molar-refractivity contribution in [2.75, 3.05) is 0 Å². The van der Waals surface area contributed by atoms with Crippen LogP contribution in [-0.2, 0) is 4.84 Å². The molecular formula is C9H6BrClFNO. The first-order valence-electron chi connectivity index (χ1n) is 3.93. The molecule has 0 aromatic heterocycles. The smallest absolute Gasteiger partial charge is 0.246 e. The fourth-order valence-corrected chi connectivity index (χ4v) is 1.78. The van der Waals surface area contributed by atoms with Gasteiger partial charge in [-0.3, -0.25) is 0 Å².